The van der Waals surface area contributed by atoms with Crippen molar-refractivity contribution >= 4 is 11.9 Å². The van der Waals surface area contributed by atoms with Crippen LogP contribution in [0.3, 0.4) is 0 Å². The molecule has 0 bridgehead atoms. The summed E-state index contributed by atoms with van der Waals surface area (Å²) in [5, 5.41) is 0. The summed E-state index contributed by atoms with van der Waals surface area (Å²) in [6.07, 6.45) is 0.877. The molecule has 0 aromatic heterocycles. The molecule has 1 aliphatic carbocycles. The van der Waals surface area contributed by atoms with E-state index < -0.39 is 76.3 Å². The first-order valence-corrected chi connectivity index (χ1v) is 8.16. The molecule has 0 spiro atoms. The Hall–Kier alpha value is -2.52. The van der Waals surface area contributed by atoms with E-state index in [1.807, 2.05) is 0 Å². The standard InChI is InChI=1S/C18H16F6O4/c1-4-27-16(25)9(19)5-8-10(18(8,2)3)17(26)28-6-7-11(20)13(22)15(24)14(23)12(7)21/h5,8,10H,4,6H2,1-3H3/t8-,10-/m0/s1. The van der Waals surface area contributed by atoms with Crippen molar-refractivity contribution in [2.24, 2.45) is 17.3 Å². The monoisotopic (exact) mass is 410 g/mol. The Bertz CT molecular complexity index is 820. The summed E-state index contributed by atoms with van der Waals surface area (Å²) in [7, 11) is 0. The summed E-state index contributed by atoms with van der Waals surface area (Å²) in [5.74, 6) is -16.1. The van der Waals surface area contributed by atoms with E-state index >= 15 is 0 Å². The summed E-state index contributed by atoms with van der Waals surface area (Å²) in [6.45, 7) is 3.33. The number of hydrogen-bond acceptors (Lipinski definition) is 4. The molecule has 0 saturated heterocycles. The minimum atomic E-state index is -2.33. The number of ether oxygens (including phenoxy) is 2. The maximum atomic E-state index is 13.8. The molecule has 4 nitrogen and oxygen atoms in total. The predicted octanol–water partition coefficient (Wildman–Crippen LogP) is 4.11. The smallest absolute Gasteiger partial charge is 0.366 e. The van der Waals surface area contributed by atoms with Crippen molar-refractivity contribution in [3.05, 3.63) is 46.6 Å². The number of hydrogen-bond donors (Lipinski definition) is 0. The van der Waals surface area contributed by atoms with Gasteiger partial charge in [-0.15, -0.1) is 0 Å². The second-order valence-electron chi connectivity index (χ2n) is 6.72. The fraction of sp³-hybridized carbons (Fsp3) is 0.444. The highest BCUT2D eigenvalue weighted by atomic mass is 19.2. The van der Waals surface area contributed by atoms with Crippen LogP contribution in [0.4, 0.5) is 26.3 Å². The van der Waals surface area contributed by atoms with Crippen LogP contribution >= 0.6 is 0 Å². The van der Waals surface area contributed by atoms with Crippen molar-refractivity contribution < 1.29 is 45.4 Å². The van der Waals surface area contributed by atoms with E-state index in [9.17, 15) is 35.9 Å². The number of halogens is 6. The van der Waals surface area contributed by atoms with Crippen LogP contribution in [0.1, 0.15) is 26.3 Å². The van der Waals surface area contributed by atoms with E-state index in [2.05, 4.69) is 9.47 Å². The molecule has 1 aromatic rings. The molecule has 1 aromatic carbocycles. The van der Waals surface area contributed by atoms with Gasteiger partial charge < -0.3 is 9.47 Å². The Morgan fingerprint density at radius 3 is 1.96 bits per heavy atom. The van der Waals surface area contributed by atoms with Crippen LogP contribution < -0.4 is 0 Å². The SMILES string of the molecule is CCOC(=O)C(F)=C[C@H]1[C@@H](C(=O)OCc2c(F)c(F)c(F)c(F)c2F)C1(C)C. The van der Waals surface area contributed by atoms with Gasteiger partial charge in [-0.3, -0.25) is 4.79 Å². The third-order valence-corrected chi connectivity index (χ3v) is 4.62. The minimum absolute atomic E-state index is 0.0540. The fourth-order valence-electron chi connectivity index (χ4n) is 2.87. The zero-order valence-electron chi connectivity index (χ0n) is 15.0. The molecule has 0 N–H and O–H groups in total. The lowest BCUT2D eigenvalue weighted by molar-refractivity contribution is -0.147. The van der Waals surface area contributed by atoms with Gasteiger partial charge in [0.1, 0.15) is 6.61 Å². The molecule has 28 heavy (non-hydrogen) atoms. The largest absolute Gasteiger partial charge is 0.461 e. The van der Waals surface area contributed by atoms with Gasteiger partial charge >= 0.3 is 11.9 Å². The van der Waals surface area contributed by atoms with Gasteiger partial charge in [0.05, 0.1) is 18.1 Å². The van der Waals surface area contributed by atoms with Gasteiger partial charge in [-0.1, -0.05) is 13.8 Å². The first-order valence-electron chi connectivity index (χ1n) is 8.16. The third-order valence-electron chi connectivity index (χ3n) is 4.62. The summed E-state index contributed by atoms with van der Waals surface area (Å²) in [5.41, 5.74) is -2.15. The molecular weight excluding hydrogens is 394 g/mol. The Morgan fingerprint density at radius 1 is 0.964 bits per heavy atom. The molecule has 2 rings (SSSR count). The van der Waals surface area contributed by atoms with Crippen molar-refractivity contribution in [3.8, 4) is 0 Å². The van der Waals surface area contributed by atoms with Crippen LogP contribution in [-0.2, 0) is 25.7 Å². The second kappa shape index (κ2) is 7.84. The van der Waals surface area contributed by atoms with Gasteiger partial charge in [0.25, 0.3) is 0 Å². The van der Waals surface area contributed by atoms with E-state index in [4.69, 9.17) is 0 Å². The molecule has 2 atom stereocenters. The Balaban J connectivity index is 2.13. The zero-order valence-corrected chi connectivity index (χ0v) is 15.0. The molecule has 0 unspecified atom stereocenters. The molecule has 0 amide bonds. The lowest BCUT2D eigenvalue weighted by atomic mass is 10.1. The van der Waals surface area contributed by atoms with Gasteiger partial charge in [-0.2, -0.15) is 4.39 Å². The van der Waals surface area contributed by atoms with Gasteiger partial charge in [-0.05, 0) is 24.3 Å². The highest BCUT2D eigenvalue weighted by Gasteiger charge is 2.62. The topological polar surface area (TPSA) is 52.6 Å². The van der Waals surface area contributed by atoms with Crippen LogP contribution in [-0.4, -0.2) is 18.5 Å². The molecule has 154 valence electrons. The van der Waals surface area contributed by atoms with Crippen molar-refractivity contribution in [3.63, 3.8) is 0 Å². The average Bonchev–Trinajstić information content (AvgIpc) is 3.18. The second-order valence-corrected chi connectivity index (χ2v) is 6.72. The van der Waals surface area contributed by atoms with Crippen molar-refractivity contribution in [2.75, 3.05) is 6.61 Å². The van der Waals surface area contributed by atoms with Crippen LogP contribution in [0.5, 0.6) is 0 Å². The van der Waals surface area contributed by atoms with E-state index in [-0.39, 0.29) is 6.61 Å². The number of carbonyl (C=O) groups is 2. The molecule has 0 aliphatic heterocycles. The van der Waals surface area contributed by atoms with Crippen LogP contribution in [0.15, 0.2) is 11.9 Å². The minimum Gasteiger partial charge on any atom is -0.461 e. The summed E-state index contributed by atoms with van der Waals surface area (Å²) < 4.78 is 89.5. The summed E-state index contributed by atoms with van der Waals surface area (Å²) in [4.78, 5) is 23.4. The van der Waals surface area contributed by atoms with Crippen LogP contribution in [0.2, 0.25) is 0 Å². The Morgan fingerprint density at radius 2 is 1.46 bits per heavy atom. The number of esters is 2. The van der Waals surface area contributed by atoms with Crippen LogP contribution in [0, 0.1) is 46.3 Å². The molecular formula is C18H16F6O4. The lowest BCUT2D eigenvalue weighted by Gasteiger charge is -2.09. The van der Waals surface area contributed by atoms with Crippen molar-refractivity contribution in [1.29, 1.82) is 0 Å². The highest BCUT2D eigenvalue weighted by Crippen LogP contribution is 2.60. The first-order chi connectivity index (χ1) is 12.9. The normalized spacial score (nSPS) is 20.7. The average molecular weight is 410 g/mol. The van der Waals surface area contributed by atoms with Crippen LogP contribution in [0.25, 0.3) is 0 Å². The molecule has 0 radical (unpaired) electrons. The van der Waals surface area contributed by atoms with E-state index in [0.717, 1.165) is 6.08 Å². The molecule has 1 aliphatic rings. The Kier molecular flexibility index (Phi) is 6.10. The summed E-state index contributed by atoms with van der Waals surface area (Å²) >= 11 is 0. The predicted molar refractivity (Wildman–Crippen MR) is 82.6 cm³/mol. The number of allylic oxidation sites excluding steroid dienone is 1. The maximum Gasteiger partial charge on any atom is 0.366 e. The van der Waals surface area contributed by atoms with Crippen molar-refractivity contribution in [2.45, 2.75) is 27.4 Å². The lowest BCUT2D eigenvalue weighted by Crippen LogP contribution is -2.14. The quantitative estimate of drug-likeness (QED) is 0.233. The van der Waals surface area contributed by atoms with E-state index in [1.54, 1.807) is 13.8 Å². The van der Waals surface area contributed by atoms with E-state index in [0.29, 0.717) is 0 Å². The molecule has 0 heterocycles. The summed E-state index contributed by atoms with van der Waals surface area (Å²) in [6, 6.07) is 0. The molecule has 10 heteroatoms. The third kappa shape index (κ3) is 3.85. The highest BCUT2D eigenvalue weighted by molar-refractivity contribution is 5.86. The number of carbonyl (C=O) groups excluding carboxylic acids is 2. The van der Waals surface area contributed by atoms with Gasteiger partial charge in [0.15, 0.2) is 23.3 Å². The van der Waals surface area contributed by atoms with E-state index in [1.165, 1.54) is 6.92 Å². The molecule has 1 saturated carbocycles. The fourth-order valence-corrected chi connectivity index (χ4v) is 2.87. The van der Waals surface area contributed by atoms with Gasteiger partial charge in [0.2, 0.25) is 11.6 Å². The Labute approximate surface area is 156 Å². The molecule has 1 fully saturated rings. The zero-order chi connectivity index (χ0) is 21.4. The number of rotatable bonds is 6. The van der Waals surface area contributed by atoms with Crippen molar-refractivity contribution in [1.82, 2.24) is 0 Å². The maximum absolute atomic E-state index is 13.8. The van der Waals surface area contributed by atoms with Gasteiger partial charge in [-0.25, -0.2) is 26.7 Å². The van der Waals surface area contributed by atoms with Gasteiger partial charge in [0, 0.05) is 0 Å². The number of benzene rings is 1. The first kappa shape index (κ1) is 21.8.